The summed E-state index contributed by atoms with van der Waals surface area (Å²) in [4.78, 5) is 11.0. The molecule has 0 heterocycles. The number of carbonyl (C=O) groups is 1. The van der Waals surface area contributed by atoms with E-state index in [1.165, 1.54) is 26.4 Å². The largest absolute Gasteiger partial charge is 0.469 e. The molecule has 0 N–H and O–H groups in total. The van der Waals surface area contributed by atoms with E-state index in [4.69, 9.17) is 4.74 Å². The Kier molecular flexibility index (Phi) is 16.4. The standard InChI is InChI=1S/C20H36O3/c1-4-5-6-13-16-19(22-2)17-14-11-9-7-8-10-12-15-18-20(21)23-3/h5-6,11,14,19H,4,7-10,12-13,15-18H2,1-3H3/b6-5-,14-11-/t19-/m0/s1. The van der Waals surface area contributed by atoms with Crippen molar-refractivity contribution < 1.29 is 14.3 Å². The van der Waals surface area contributed by atoms with Crippen molar-refractivity contribution in [2.24, 2.45) is 0 Å². The van der Waals surface area contributed by atoms with E-state index in [9.17, 15) is 4.79 Å². The fourth-order valence-corrected chi connectivity index (χ4v) is 2.43. The third-order valence-electron chi connectivity index (χ3n) is 3.94. The highest BCUT2D eigenvalue weighted by Crippen LogP contribution is 2.10. The van der Waals surface area contributed by atoms with Crippen molar-refractivity contribution in [3.05, 3.63) is 24.3 Å². The van der Waals surface area contributed by atoms with Crippen LogP contribution in [0, 0.1) is 0 Å². The Labute approximate surface area is 143 Å². The number of ether oxygens (including phenoxy) is 2. The normalized spacial score (nSPS) is 13.0. The number of allylic oxidation sites excluding steroid dienone is 3. The molecule has 0 saturated heterocycles. The van der Waals surface area contributed by atoms with Crippen molar-refractivity contribution in [1.29, 1.82) is 0 Å². The van der Waals surface area contributed by atoms with Gasteiger partial charge in [0.1, 0.15) is 0 Å². The van der Waals surface area contributed by atoms with Gasteiger partial charge in [0.05, 0.1) is 13.2 Å². The first-order chi connectivity index (χ1) is 11.2. The molecule has 3 heteroatoms. The van der Waals surface area contributed by atoms with Crippen LogP contribution in [0.3, 0.4) is 0 Å². The minimum absolute atomic E-state index is 0.0918. The molecule has 0 aromatic carbocycles. The van der Waals surface area contributed by atoms with E-state index < -0.39 is 0 Å². The maximum atomic E-state index is 11.0. The lowest BCUT2D eigenvalue weighted by Crippen LogP contribution is -2.08. The van der Waals surface area contributed by atoms with Crippen LogP contribution < -0.4 is 0 Å². The van der Waals surface area contributed by atoms with E-state index in [0.717, 1.165) is 44.9 Å². The van der Waals surface area contributed by atoms with Gasteiger partial charge in [0.2, 0.25) is 0 Å². The molecule has 23 heavy (non-hydrogen) atoms. The van der Waals surface area contributed by atoms with Crippen LogP contribution >= 0.6 is 0 Å². The van der Waals surface area contributed by atoms with Gasteiger partial charge >= 0.3 is 5.97 Å². The predicted octanol–water partition coefficient (Wildman–Crippen LogP) is 5.60. The molecule has 0 aliphatic heterocycles. The number of carbonyl (C=O) groups excluding carboxylic acids is 1. The van der Waals surface area contributed by atoms with Gasteiger partial charge in [-0.15, -0.1) is 0 Å². The molecule has 0 radical (unpaired) electrons. The molecule has 0 aliphatic rings. The lowest BCUT2D eigenvalue weighted by Gasteiger charge is -2.11. The summed E-state index contributed by atoms with van der Waals surface area (Å²) in [5.41, 5.74) is 0. The predicted molar refractivity (Wildman–Crippen MR) is 97.6 cm³/mol. The highest BCUT2D eigenvalue weighted by molar-refractivity contribution is 5.68. The molecule has 0 amide bonds. The monoisotopic (exact) mass is 324 g/mol. The van der Waals surface area contributed by atoms with Gasteiger partial charge in [0.15, 0.2) is 0 Å². The van der Waals surface area contributed by atoms with Crippen molar-refractivity contribution in [2.45, 2.75) is 83.7 Å². The minimum atomic E-state index is -0.0918. The summed E-state index contributed by atoms with van der Waals surface area (Å²) in [5, 5.41) is 0. The van der Waals surface area contributed by atoms with E-state index >= 15 is 0 Å². The summed E-state index contributed by atoms with van der Waals surface area (Å²) in [6.45, 7) is 2.16. The van der Waals surface area contributed by atoms with E-state index in [1.807, 2.05) is 0 Å². The topological polar surface area (TPSA) is 35.5 Å². The van der Waals surface area contributed by atoms with Crippen molar-refractivity contribution in [3.8, 4) is 0 Å². The molecule has 0 saturated carbocycles. The number of methoxy groups -OCH3 is 2. The molecule has 0 rings (SSSR count). The maximum absolute atomic E-state index is 11.0. The van der Waals surface area contributed by atoms with Gasteiger partial charge in [0.25, 0.3) is 0 Å². The number of hydrogen-bond donors (Lipinski definition) is 0. The molecule has 0 aliphatic carbocycles. The second kappa shape index (κ2) is 17.3. The van der Waals surface area contributed by atoms with Crippen LogP contribution in [0.4, 0.5) is 0 Å². The van der Waals surface area contributed by atoms with Crippen molar-refractivity contribution in [2.75, 3.05) is 14.2 Å². The van der Waals surface area contributed by atoms with E-state index in [2.05, 4.69) is 36.0 Å². The highest BCUT2D eigenvalue weighted by Gasteiger charge is 2.03. The first-order valence-corrected chi connectivity index (χ1v) is 9.14. The second-order valence-corrected chi connectivity index (χ2v) is 5.90. The van der Waals surface area contributed by atoms with Gasteiger partial charge < -0.3 is 9.47 Å². The lowest BCUT2D eigenvalue weighted by atomic mass is 10.1. The Hall–Kier alpha value is -1.09. The van der Waals surface area contributed by atoms with Crippen LogP contribution in [0.15, 0.2) is 24.3 Å². The van der Waals surface area contributed by atoms with Crippen molar-refractivity contribution >= 4 is 5.97 Å². The van der Waals surface area contributed by atoms with Crippen LogP contribution in [-0.2, 0) is 14.3 Å². The first-order valence-electron chi connectivity index (χ1n) is 9.14. The lowest BCUT2D eigenvalue weighted by molar-refractivity contribution is -0.140. The van der Waals surface area contributed by atoms with E-state index in [-0.39, 0.29) is 5.97 Å². The van der Waals surface area contributed by atoms with Crippen molar-refractivity contribution in [3.63, 3.8) is 0 Å². The maximum Gasteiger partial charge on any atom is 0.305 e. The number of unbranched alkanes of at least 4 members (excludes halogenated alkanes) is 5. The van der Waals surface area contributed by atoms with Gasteiger partial charge in [-0.05, 0) is 44.9 Å². The molecular weight excluding hydrogens is 288 g/mol. The Morgan fingerprint density at radius 1 is 0.913 bits per heavy atom. The van der Waals surface area contributed by atoms with Crippen LogP contribution in [0.25, 0.3) is 0 Å². The smallest absolute Gasteiger partial charge is 0.305 e. The van der Waals surface area contributed by atoms with Crippen LogP contribution in [0.2, 0.25) is 0 Å². The average molecular weight is 325 g/mol. The third-order valence-corrected chi connectivity index (χ3v) is 3.94. The SMILES string of the molecule is CC/C=C\CC[C@@H](C/C=C\CCCCCCCC(=O)OC)OC. The molecular formula is C20H36O3. The molecule has 0 spiro atoms. The Balaban J connectivity index is 3.47. The third kappa shape index (κ3) is 15.6. The second-order valence-electron chi connectivity index (χ2n) is 5.90. The molecule has 0 fully saturated rings. The molecule has 3 nitrogen and oxygen atoms in total. The summed E-state index contributed by atoms with van der Waals surface area (Å²) in [5.74, 6) is -0.0918. The Morgan fingerprint density at radius 3 is 2.30 bits per heavy atom. The van der Waals surface area contributed by atoms with Crippen molar-refractivity contribution in [1.82, 2.24) is 0 Å². The fourth-order valence-electron chi connectivity index (χ4n) is 2.43. The van der Waals surface area contributed by atoms with Gasteiger partial charge in [-0.25, -0.2) is 0 Å². The van der Waals surface area contributed by atoms with Crippen LogP contribution in [-0.4, -0.2) is 26.3 Å². The zero-order valence-electron chi connectivity index (χ0n) is 15.4. The Bertz CT molecular complexity index is 321. The average Bonchev–Trinajstić information content (AvgIpc) is 2.57. The summed E-state index contributed by atoms with van der Waals surface area (Å²) in [7, 11) is 3.25. The van der Waals surface area contributed by atoms with Gasteiger partial charge in [-0.2, -0.15) is 0 Å². The zero-order valence-corrected chi connectivity index (χ0v) is 15.4. The molecule has 0 aromatic rings. The van der Waals surface area contributed by atoms with E-state index in [0.29, 0.717) is 12.5 Å². The van der Waals surface area contributed by atoms with Crippen LogP contribution in [0.1, 0.15) is 77.6 Å². The van der Waals surface area contributed by atoms with Gasteiger partial charge in [-0.3, -0.25) is 4.79 Å². The molecule has 1 atom stereocenters. The first kappa shape index (κ1) is 21.9. The summed E-state index contributed by atoms with van der Waals surface area (Å²) >= 11 is 0. The summed E-state index contributed by atoms with van der Waals surface area (Å²) < 4.78 is 10.1. The summed E-state index contributed by atoms with van der Waals surface area (Å²) in [6, 6.07) is 0. The quantitative estimate of drug-likeness (QED) is 0.223. The zero-order chi connectivity index (χ0) is 17.2. The number of rotatable bonds is 15. The van der Waals surface area contributed by atoms with Gasteiger partial charge in [-0.1, -0.05) is 50.5 Å². The molecule has 0 bridgehead atoms. The van der Waals surface area contributed by atoms with Gasteiger partial charge in [0, 0.05) is 13.5 Å². The number of esters is 1. The van der Waals surface area contributed by atoms with Crippen LogP contribution in [0.5, 0.6) is 0 Å². The fraction of sp³-hybridized carbons (Fsp3) is 0.750. The Morgan fingerprint density at radius 2 is 1.61 bits per heavy atom. The van der Waals surface area contributed by atoms with E-state index in [1.54, 1.807) is 7.11 Å². The molecule has 0 aromatic heterocycles. The number of hydrogen-bond acceptors (Lipinski definition) is 3. The molecule has 0 unspecified atom stereocenters. The minimum Gasteiger partial charge on any atom is -0.469 e. The summed E-state index contributed by atoms with van der Waals surface area (Å²) in [6.07, 6.45) is 21.1. The molecule has 134 valence electrons. The highest BCUT2D eigenvalue weighted by atomic mass is 16.5.